The van der Waals surface area contributed by atoms with Crippen molar-refractivity contribution in [2.24, 2.45) is 0 Å². The summed E-state index contributed by atoms with van der Waals surface area (Å²) in [6, 6.07) is 70.3. The summed E-state index contributed by atoms with van der Waals surface area (Å²) in [6.07, 6.45) is -0.208. The summed E-state index contributed by atoms with van der Waals surface area (Å²) in [5, 5.41) is 8.28. The van der Waals surface area contributed by atoms with Crippen molar-refractivity contribution >= 4 is 44.3 Å². The number of hydrogen-bond acceptors (Lipinski definition) is 3. The Morgan fingerprint density at radius 1 is 0.474 bits per heavy atom. The van der Waals surface area contributed by atoms with E-state index in [-0.39, 0.29) is 11.6 Å². The molecule has 11 rings (SSSR count). The van der Waals surface area contributed by atoms with Crippen LogP contribution in [-0.2, 0) is 5.41 Å². The van der Waals surface area contributed by atoms with Crippen LogP contribution in [0.2, 0.25) is 0 Å². The second-order valence-corrected chi connectivity index (χ2v) is 15.8. The number of anilines is 4. The third-order valence-electron chi connectivity index (χ3n) is 12.1. The van der Waals surface area contributed by atoms with Gasteiger partial charge in [-0.3, -0.25) is 0 Å². The monoisotopic (exact) mass is 732 g/mol. The molecule has 0 bridgehead atoms. The van der Waals surface area contributed by atoms with E-state index in [9.17, 15) is 0 Å². The van der Waals surface area contributed by atoms with Crippen molar-refractivity contribution in [2.75, 3.05) is 10.2 Å². The van der Waals surface area contributed by atoms with Crippen molar-refractivity contribution in [1.29, 1.82) is 0 Å². The Morgan fingerprint density at radius 2 is 1.05 bits per heavy atom. The summed E-state index contributed by atoms with van der Waals surface area (Å²) >= 11 is 0. The number of nitrogens with zero attached hydrogens (tertiary/aromatic N) is 1. The summed E-state index contributed by atoms with van der Waals surface area (Å²) in [7, 11) is 0. The molecular weight excluding hydrogens is 693 g/mol. The molecule has 1 atom stereocenters. The topological polar surface area (TPSA) is 24.5 Å². The van der Waals surface area contributed by atoms with Gasteiger partial charge in [0.15, 0.2) is 12.0 Å². The van der Waals surface area contributed by atoms with Gasteiger partial charge in [0.05, 0.1) is 5.69 Å². The van der Waals surface area contributed by atoms with Crippen LogP contribution in [0.1, 0.15) is 36.8 Å². The second-order valence-electron chi connectivity index (χ2n) is 15.8. The van der Waals surface area contributed by atoms with Crippen molar-refractivity contribution in [3.63, 3.8) is 0 Å². The lowest BCUT2D eigenvalue weighted by molar-refractivity contribution is 0.263. The van der Waals surface area contributed by atoms with Gasteiger partial charge in [-0.15, -0.1) is 0 Å². The molecule has 9 aromatic rings. The predicted molar refractivity (Wildman–Crippen MR) is 238 cm³/mol. The highest BCUT2D eigenvalue weighted by atomic mass is 16.5. The molecule has 0 amide bonds. The number of benzene rings is 9. The van der Waals surface area contributed by atoms with Crippen molar-refractivity contribution in [2.45, 2.75) is 25.5 Å². The molecule has 57 heavy (non-hydrogen) atoms. The second kappa shape index (κ2) is 13.0. The van der Waals surface area contributed by atoms with Gasteiger partial charge >= 0.3 is 0 Å². The quantitative estimate of drug-likeness (QED) is 0.172. The van der Waals surface area contributed by atoms with Crippen molar-refractivity contribution in [3.05, 3.63) is 211 Å². The van der Waals surface area contributed by atoms with E-state index in [1.807, 2.05) is 6.07 Å². The predicted octanol–water partition coefficient (Wildman–Crippen LogP) is 14.6. The Morgan fingerprint density at radius 3 is 1.81 bits per heavy atom. The molecule has 3 nitrogen and oxygen atoms in total. The molecule has 272 valence electrons. The smallest absolute Gasteiger partial charge is 0.196 e. The zero-order chi connectivity index (χ0) is 38.1. The molecule has 0 radical (unpaired) electrons. The number of nitrogens with one attached hydrogen (secondary N) is 1. The number of hydrogen-bond donors (Lipinski definition) is 1. The highest BCUT2D eigenvalue weighted by Gasteiger charge is 2.35. The van der Waals surface area contributed by atoms with Gasteiger partial charge in [-0.25, -0.2) is 0 Å². The molecule has 0 spiro atoms. The zero-order valence-electron chi connectivity index (χ0n) is 31.9. The van der Waals surface area contributed by atoms with Crippen molar-refractivity contribution in [1.82, 2.24) is 0 Å². The summed E-state index contributed by atoms with van der Waals surface area (Å²) < 4.78 is 6.60. The fraction of sp³-hybridized carbons (Fsp3) is 0.0741. The van der Waals surface area contributed by atoms with Gasteiger partial charge in [0.25, 0.3) is 0 Å². The van der Waals surface area contributed by atoms with E-state index in [1.165, 1.54) is 60.7 Å². The molecular formula is C54H40N2O. The van der Waals surface area contributed by atoms with Gasteiger partial charge in [0.2, 0.25) is 0 Å². The zero-order valence-corrected chi connectivity index (χ0v) is 31.9. The average molecular weight is 733 g/mol. The average Bonchev–Trinajstić information content (AvgIpc) is 3.81. The van der Waals surface area contributed by atoms with Crippen LogP contribution in [0.5, 0.6) is 5.75 Å². The van der Waals surface area contributed by atoms with Gasteiger partial charge in [-0.2, -0.15) is 0 Å². The lowest BCUT2D eigenvalue weighted by Crippen LogP contribution is -2.16. The molecule has 1 heterocycles. The Labute approximate surface area is 333 Å². The molecule has 9 aromatic carbocycles. The fourth-order valence-electron chi connectivity index (χ4n) is 9.12. The lowest BCUT2D eigenvalue weighted by atomic mass is 9.82. The normalized spacial score (nSPS) is 14.7. The minimum Gasteiger partial charge on any atom is -0.464 e. The Balaban J connectivity index is 0.965. The highest BCUT2D eigenvalue weighted by molar-refractivity contribution is 6.13. The maximum atomic E-state index is 6.60. The first-order valence-corrected chi connectivity index (χ1v) is 19.8. The minimum absolute atomic E-state index is 0.0949. The molecule has 0 saturated heterocycles. The van der Waals surface area contributed by atoms with E-state index < -0.39 is 0 Å². The van der Waals surface area contributed by atoms with Crippen LogP contribution < -0.4 is 15.0 Å². The van der Waals surface area contributed by atoms with E-state index in [4.69, 9.17) is 4.74 Å². The molecule has 1 aliphatic heterocycles. The highest BCUT2D eigenvalue weighted by Crippen LogP contribution is 2.51. The third kappa shape index (κ3) is 5.50. The van der Waals surface area contributed by atoms with E-state index in [1.54, 1.807) is 0 Å². The molecule has 2 aliphatic rings. The molecule has 1 unspecified atom stereocenters. The maximum absolute atomic E-state index is 6.60. The van der Waals surface area contributed by atoms with Crippen LogP contribution in [-0.4, -0.2) is 0 Å². The van der Waals surface area contributed by atoms with Gasteiger partial charge < -0.3 is 15.0 Å². The molecule has 1 aliphatic carbocycles. The molecule has 0 fully saturated rings. The van der Waals surface area contributed by atoms with Gasteiger partial charge in [-0.05, 0) is 109 Å². The summed E-state index contributed by atoms with van der Waals surface area (Å²) in [6.45, 7) is 4.70. The van der Waals surface area contributed by atoms with Crippen LogP contribution in [0.25, 0.3) is 54.9 Å². The van der Waals surface area contributed by atoms with Gasteiger partial charge in [0.1, 0.15) is 0 Å². The van der Waals surface area contributed by atoms with Gasteiger partial charge in [0, 0.05) is 33.4 Å². The Bertz CT molecular complexity index is 2970. The van der Waals surface area contributed by atoms with Crippen LogP contribution in [0, 0.1) is 0 Å². The summed E-state index contributed by atoms with van der Waals surface area (Å²) in [5.41, 5.74) is 15.6. The summed E-state index contributed by atoms with van der Waals surface area (Å²) in [5.74, 6) is 0.916. The third-order valence-corrected chi connectivity index (χ3v) is 12.1. The Hall–Kier alpha value is -7.10. The number of ether oxygens (including phenoxy) is 1. The van der Waals surface area contributed by atoms with E-state index >= 15 is 0 Å². The molecule has 3 heteroatoms. The van der Waals surface area contributed by atoms with Crippen LogP contribution in [0.3, 0.4) is 0 Å². The van der Waals surface area contributed by atoms with E-state index in [0.717, 1.165) is 39.4 Å². The van der Waals surface area contributed by atoms with Crippen molar-refractivity contribution < 1.29 is 4.74 Å². The fourth-order valence-corrected chi connectivity index (χ4v) is 9.12. The molecule has 1 N–H and O–H groups in total. The van der Waals surface area contributed by atoms with Crippen LogP contribution >= 0.6 is 0 Å². The van der Waals surface area contributed by atoms with E-state index in [2.05, 4.69) is 212 Å². The first-order valence-electron chi connectivity index (χ1n) is 19.8. The van der Waals surface area contributed by atoms with Gasteiger partial charge in [-0.1, -0.05) is 159 Å². The van der Waals surface area contributed by atoms with E-state index in [0.29, 0.717) is 0 Å². The SMILES string of the molecule is CC1(C)c2ccccc2-c2ccc(N(c3ccc(-c4ccccc4)cc3)c3ccc(-c4ccc5c(ccc6ccc7c(c65)OC(c5ccccc5)N7)c4)cc3)cc21. The minimum atomic E-state index is -0.208. The molecule has 0 saturated carbocycles. The first kappa shape index (κ1) is 33.3. The lowest BCUT2D eigenvalue weighted by Gasteiger charge is -2.28. The molecule has 0 aromatic heterocycles. The Kier molecular flexibility index (Phi) is 7.58. The maximum Gasteiger partial charge on any atom is 0.196 e. The first-order chi connectivity index (χ1) is 28.0. The number of fused-ring (bicyclic) bond motifs is 8. The van der Waals surface area contributed by atoms with Crippen LogP contribution in [0.15, 0.2) is 194 Å². The largest absolute Gasteiger partial charge is 0.464 e. The van der Waals surface area contributed by atoms with Crippen molar-refractivity contribution in [3.8, 4) is 39.1 Å². The summed E-state index contributed by atoms with van der Waals surface area (Å²) in [4.78, 5) is 2.39. The standard InChI is InChI=1S/C54H40N2O/c1-54(2)48-16-10-9-15-46(48)47-31-29-44(34-49(47)54)56(42-25-19-36(20-26-42)35-11-5-3-6-12-35)43-27-21-37(22-28-43)40-23-30-45-41(33-40)18-17-38-24-32-50-52(51(38)45)57-53(55-50)39-13-7-4-8-14-39/h3-34,53,55H,1-2H3. The number of rotatable bonds is 6. The van der Waals surface area contributed by atoms with Crippen LogP contribution in [0.4, 0.5) is 22.7 Å².